The summed E-state index contributed by atoms with van der Waals surface area (Å²) in [5, 5.41) is 0. The van der Waals surface area contributed by atoms with Gasteiger partial charge in [0.15, 0.2) is 0 Å². The van der Waals surface area contributed by atoms with Gasteiger partial charge in [-0.2, -0.15) is 0 Å². The molecule has 2 rings (SSSR count). The molecule has 0 radical (unpaired) electrons. The molecule has 0 spiro atoms. The van der Waals surface area contributed by atoms with E-state index in [1.54, 1.807) is 31.4 Å². The lowest BCUT2D eigenvalue weighted by Crippen LogP contribution is -2.13. The van der Waals surface area contributed by atoms with E-state index in [4.69, 9.17) is 4.74 Å². The first-order chi connectivity index (χ1) is 9.42. The van der Waals surface area contributed by atoms with E-state index < -0.39 is 10.0 Å². The van der Waals surface area contributed by atoms with Crippen molar-refractivity contribution in [1.29, 1.82) is 0 Å². The van der Waals surface area contributed by atoms with Crippen molar-refractivity contribution in [3.05, 3.63) is 53.6 Å². The Balaban J connectivity index is 2.30. The minimum Gasteiger partial charge on any atom is -0.496 e. The Bertz CT molecular complexity index is 706. The Labute approximate surface area is 119 Å². The number of hydrogen-bond donors (Lipinski definition) is 1. The van der Waals surface area contributed by atoms with Crippen LogP contribution in [-0.2, 0) is 10.0 Å². The van der Waals surface area contributed by atoms with Crippen molar-refractivity contribution in [2.45, 2.75) is 18.7 Å². The second kappa shape index (κ2) is 5.54. The number of anilines is 1. The summed E-state index contributed by atoms with van der Waals surface area (Å²) < 4.78 is 32.3. The fourth-order valence-corrected chi connectivity index (χ4v) is 3.00. The van der Waals surface area contributed by atoms with Gasteiger partial charge in [0, 0.05) is 5.69 Å². The molecule has 0 fully saturated rings. The van der Waals surface area contributed by atoms with Crippen LogP contribution in [-0.4, -0.2) is 15.5 Å². The van der Waals surface area contributed by atoms with Crippen LogP contribution in [0.3, 0.4) is 0 Å². The number of methoxy groups -OCH3 is 1. The molecule has 0 aliphatic heterocycles. The van der Waals surface area contributed by atoms with Gasteiger partial charge in [-0.1, -0.05) is 17.7 Å². The largest absolute Gasteiger partial charge is 0.496 e. The molecular weight excluding hydrogens is 274 g/mol. The lowest BCUT2D eigenvalue weighted by Gasteiger charge is -2.10. The normalized spacial score (nSPS) is 11.2. The fraction of sp³-hybridized carbons (Fsp3) is 0.200. The predicted molar refractivity (Wildman–Crippen MR) is 79.7 cm³/mol. The molecule has 0 unspecified atom stereocenters. The zero-order chi connectivity index (χ0) is 14.8. The average molecular weight is 291 g/mol. The maximum atomic E-state index is 12.3. The summed E-state index contributed by atoms with van der Waals surface area (Å²) >= 11 is 0. The van der Waals surface area contributed by atoms with Crippen molar-refractivity contribution in [3.8, 4) is 5.75 Å². The van der Waals surface area contributed by atoms with Crippen LogP contribution in [0.2, 0.25) is 0 Å². The van der Waals surface area contributed by atoms with Gasteiger partial charge in [-0.15, -0.1) is 0 Å². The van der Waals surface area contributed by atoms with Gasteiger partial charge in [-0.05, 0) is 49.7 Å². The van der Waals surface area contributed by atoms with Gasteiger partial charge in [-0.3, -0.25) is 4.72 Å². The number of sulfonamides is 1. The minimum atomic E-state index is -3.58. The maximum absolute atomic E-state index is 12.3. The van der Waals surface area contributed by atoms with Crippen molar-refractivity contribution in [2.24, 2.45) is 0 Å². The van der Waals surface area contributed by atoms with E-state index >= 15 is 0 Å². The Kier molecular flexibility index (Phi) is 3.99. The van der Waals surface area contributed by atoms with Crippen LogP contribution < -0.4 is 9.46 Å². The van der Waals surface area contributed by atoms with E-state index in [9.17, 15) is 8.42 Å². The SMILES string of the molecule is COc1ccc(S(=O)(=O)Nc2ccc(C)cc2)cc1C. The second-order valence-corrected chi connectivity index (χ2v) is 6.29. The number of rotatable bonds is 4. The number of hydrogen-bond acceptors (Lipinski definition) is 3. The third kappa shape index (κ3) is 3.11. The number of nitrogens with one attached hydrogen (secondary N) is 1. The van der Waals surface area contributed by atoms with Crippen LogP contribution in [0.4, 0.5) is 5.69 Å². The first-order valence-electron chi connectivity index (χ1n) is 6.16. The lowest BCUT2D eigenvalue weighted by molar-refractivity contribution is 0.411. The average Bonchev–Trinajstić information content (AvgIpc) is 2.41. The molecule has 106 valence electrons. The molecule has 20 heavy (non-hydrogen) atoms. The Hall–Kier alpha value is -2.01. The highest BCUT2D eigenvalue weighted by Gasteiger charge is 2.15. The maximum Gasteiger partial charge on any atom is 0.261 e. The topological polar surface area (TPSA) is 55.4 Å². The molecule has 0 aromatic heterocycles. The monoisotopic (exact) mass is 291 g/mol. The van der Waals surface area contributed by atoms with Gasteiger partial charge in [0.2, 0.25) is 0 Å². The molecule has 0 atom stereocenters. The van der Waals surface area contributed by atoms with Crippen molar-refractivity contribution in [1.82, 2.24) is 0 Å². The zero-order valence-electron chi connectivity index (χ0n) is 11.7. The van der Waals surface area contributed by atoms with Gasteiger partial charge >= 0.3 is 0 Å². The number of aryl methyl sites for hydroxylation is 2. The Morgan fingerprint density at radius 2 is 1.65 bits per heavy atom. The first-order valence-corrected chi connectivity index (χ1v) is 7.65. The van der Waals surface area contributed by atoms with Crippen LogP contribution >= 0.6 is 0 Å². The molecule has 0 aliphatic carbocycles. The highest BCUT2D eigenvalue weighted by Crippen LogP contribution is 2.23. The van der Waals surface area contributed by atoms with Crippen molar-refractivity contribution < 1.29 is 13.2 Å². The molecule has 0 amide bonds. The van der Waals surface area contributed by atoms with Crippen LogP contribution in [0.5, 0.6) is 5.75 Å². The van der Waals surface area contributed by atoms with Gasteiger partial charge in [0.05, 0.1) is 12.0 Å². The molecule has 0 saturated carbocycles. The summed E-state index contributed by atoms with van der Waals surface area (Å²) in [5.74, 6) is 0.666. The Morgan fingerprint density at radius 3 is 2.20 bits per heavy atom. The van der Waals surface area contributed by atoms with E-state index in [1.165, 1.54) is 6.07 Å². The number of benzene rings is 2. The molecule has 1 N–H and O–H groups in total. The Morgan fingerprint density at radius 1 is 1.00 bits per heavy atom. The van der Waals surface area contributed by atoms with E-state index in [-0.39, 0.29) is 4.90 Å². The molecule has 5 heteroatoms. The van der Waals surface area contributed by atoms with Crippen molar-refractivity contribution in [3.63, 3.8) is 0 Å². The van der Waals surface area contributed by atoms with Crippen LogP contribution in [0.15, 0.2) is 47.4 Å². The van der Waals surface area contributed by atoms with Crippen LogP contribution in [0, 0.1) is 13.8 Å². The van der Waals surface area contributed by atoms with Gasteiger partial charge < -0.3 is 4.74 Å². The highest BCUT2D eigenvalue weighted by molar-refractivity contribution is 7.92. The predicted octanol–water partition coefficient (Wildman–Crippen LogP) is 3.11. The van der Waals surface area contributed by atoms with Gasteiger partial charge in [-0.25, -0.2) is 8.42 Å². The second-order valence-electron chi connectivity index (χ2n) is 4.60. The first kappa shape index (κ1) is 14.4. The smallest absolute Gasteiger partial charge is 0.261 e. The third-order valence-corrected chi connectivity index (χ3v) is 4.36. The van der Waals surface area contributed by atoms with Crippen molar-refractivity contribution >= 4 is 15.7 Å². The van der Waals surface area contributed by atoms with Gasteiger partial charge in [0.1, 0.15) is 5.75 Å². The lowest BCUT2D eigenvalue weighted by atomic mass is 10.2. The van der Waals surface area contributed by atoms with Crippen LogP contribution in [0.1, 0.15) is 11.1 Å². The highest BCUT2D eigenvalue weighted by atomic mass is 32.2. The summed E-state index contributed by atoms with van der Waals surface area (Å²) in [5.41, 5.74) is 2.40. The van der Waals surface area contributed by atoms with E-state index in [1.807, 2.05) is 26.0 Å². The molecule has 4 nitrogen and oxygen atoms in total. The zero-order valence-corrected chi connectivity index (χ0v) is 12.5. The number of ether oxygens (including phenoxy) is 1. The molecule has 2 aromatic carbocycles. The van der Waals surface area contributed by atoms with Gasteiger partial charge in [0.25, 0.3) is 10.0 Å². The quantitative estimate of drug-likeness (QED) is 0.941. The molecular formula is C15H17NO3S. The summed E-state index contributed by atoms with van der Waals surface area (Å²) in [6.07, 6.45) is 0. The van der Waals surface area contributed by atoms with E-state index in [2.05, 4.69) is 4.72 Å². The molecule has 0 saturated heterocycles. The van der Waals surface area contributed by atoms with E-state index in [0.29, 0.717) is 11.4 Å². The molecule has 0 bridgehead atoms. The summed E-state index contributed by atoms with van der Waals surface area (Å²) in [4.78, 5) is 0.219. The summed E-state index contributed by atoms with van der Waals surface area (Å²) in [6, 6.07) is 12.0. The summed E-state index contributed by atoms with van der Waals surface area (Å²) in [7, 11) is -2.02. The van der Waals surface area contributed by atoms with Crippen LogP contribution in [0.25, 0.3) is 0 Å². The molecule has 0 heterocycles. The summed E-state index contributed by atoms with van der Waals surface area (Å²) in [6.45, 7) is 3.76. The van der Waals surface area contributed by atoms with E-state index in [0.717, 1.165) is 11.1 Å². The molecule has 0 aliphatic rings. The van der Waals surface area contributed by atoms with Crippen molar-refractivity contribution in [2.75, 3.05) is 11.8 Å². The fourth-order valence-electron chi connectivity index (χ4n) is 1.85. The third-order valence-electron chi connectivity index (χ3n) is 2.98. The molecule has 2 aromatic rings. The standard InChI is InChI=1S/C15H17NO3S/c1-11-4-6-13(7-5-11)16-20(17,18)14-8-9-15(19-3)12(2)10-14/h4-10,16H,1-3H3. The minimum absolute atomic E-state index is 0.219.